The Kier molecular flexibility index (Phi) is 4.11. The third-order valence-corrected chi connectivity index (χ3v) is 2.33. The molecule has 1 heterocycles. The van der Waals surface area contributed by atoms with Crippen LogP contribution in [0, 0.1) is 5.82 Å². The molecule has 2 aromatic rings. The smallest absolute Gasteiger partial charge is 0.320 e. The van der Waals surface area contributed by atoms with Gasteiger partial charge in [0.25, 0.3) is 0 Å². The maximum absolute atomic E-state index is 13.1. The van der Waals surface area contributed by atoms with Crippen molar-refractivity contribution in [3.05, 3.63) is 34.9 Å². The largest absolute Gasteiger partial charge is 0.406 e. The van der Waals surface area contributed by atoms with E-state index in [2.05, 4.69) is 20.8 Å². The molecule has 0 radical (unpaired) electrons. The monoisotopic (exact) mass is 270 g/mol. The summed E-state index contributed by atoms with van der Waals surface area (Å²) in [4.78, 5) is 0. The summed E-state index contributed by atoms with van der Waals surface area (Å²) < 4.78 is 18.4. The standard InChI is InChI=1S/C11H12ClFN4O/c1-2-14-6-10-16-17-11(18-10)15-9-4-7(12)3-8(13)5-9/h3-5,14H,2,6H2,1H3,(H,15,17). The van der Waals surface area contributed by atoms with Gasteiger partial charge < -0.3 is 15.1 Å². The molecule has 0 aliphatic heterocycles. The lowest BCUT2D eigenvalue weighted by Gasteiger charge is -2.01. The van der Waals surface area contributed by atoms with Gasteiger partial charge in [0.05, 0.1) is 6.54 Å². The van der Waals surface area contributed by atoms with E-state index >= 15 is 0 Å². The molecular weight excluding hydrogens is 259 g/mol. The first-order valence-corrected chi connectivity index (χ1v) is 5.81. The molecule has 0 fully saturated rings. The number of anilines is 2. The normalized spacial score (nSPS) is 10.6. The van der Waals surface area contributed by atoms with E-state index in [4.69, 9.17) is 16.0 Å². The summed E-state index contributed by atoms with van der Waals surface area (Å²) in [6, 6.07) is 4.28. The van der Waals surface area contributed by atoms with Gasteiger partial charge >= 0.3 is 6.01 Å². The first-order chi connectivity index (χ1) is 8.67. The summed E-state index contributed by atoms with van der Waals surface area (Å²) in [5.74, 6) is 0.0271. The molecule has 0 aliphatic carbocycles. The summed E-state index contributed by atoms with van der Waals surface area (Å²) in [6.45, 7) is 3.28. The van der Waals surface area contributed by atoms with Crippen LogP contribution in [0.2, 0.25) is 5.02 Å². The summed E-state index contributed by atoms with van der Waals surface area (Å²) in [6.07, 6.45) is 0. The van der Waals surface area contributed by atoms with Crippen LogP contribution in [0.3, 0.4) is 0 Å². The Bertz CT molecular complexity index is 511. The van der Waals surface area contributed by atoms with Gasteiger partial charge in [0.15, 0.2) is 0 Å². The number of aromatic nitrogens is 2. The van der Waals surface area contributed by atoms with Crippen LogP contribution in [-0.2, 0) is 6.54 Å². The maximum Gasteiger partial charge on any atom is 0.320 e. The zero-order chi connectivity index (χ0) is 13.0. The highest BCUT2D eigenvalue weighted by atomic mass is 35.5. The zero-order valence-corrected chi connectivity index (χ0v) is 10.5. The maximum atomic E-state index is 13.1. The number of nitrogens with one attached hydrogen (secondary N) is 2. The SMILES string of the molecule is CCNCc1nnc(Nc2cc(F)cc(Cl)c2)o1. The van der Waals surface area contributed by atoms with Crippen molar-refractivity contribution in [2.75, 3.05) is 11.9 Å². The highest BCUT2D eigenvalue weighted by molar-refractivity contribution is 6.30. The Labute approximate surface area is 108 Å². The van der Waals surface area contributed by atoms with Crippen molar-refractivity contribution in [2.45, 2.75) is 13.5 Å². The minimum atomic E-state index is -0.433. The summed E-state index contributed by atoms with van der Waals surface area (Å²) >= 11 is 5.73. The topological polar surface area (TPSA) is 63.0 Å². The molecule has 0 bridgehead atoms. The quantitative estimate of drug-likeness (QED) is 0.875. The number of hydrogen-bond donors (Lipinski definition) is 2. The summed E-state index contributed by atoms with van der Waals surface area (Å²) in [5.41, 5.74) is 0.457. The molecule has 0 spiro atoms. The lowest BCUT2D eigenvalue weighted by atomic mass is 10.3. The Morgan fingerprint density at radius 3 is 2.89 bits per heavy atom. The average Bonchev–Trinajstić information content (AvgIpc) is 2.72. The van der Waals surface area contributed by atoms with Crippen LogP contribution in [0.5, 0.6) is 0 Å². The van der Waals surface area contributed by atoms with Crippen molar-refractivity contribution in [1.82, 2.24) is 15.5 Å². The number of rotatable bonds is 5. The molecule has 18 heavy (non-hydrogen) atoms. The van der Waals surface area contributed by atoms with Gasteiger partial charge in [-0.25, -0.2) is 4.39 Å². The second-order valence-corrected chi connectivity index (χ2v) is 4.00. The van der Waals surface area contributed by atoms with Gasteiger partial charge in [-0.1, -0.05) is 23.6 Å². The van der Waals surface area contributed by atoms with Gasteiger partial charge in [-0.2, -0.15) is 0 Å². The van der Waals surface area contributed by atoms with E-state index < -0.39 is 5.82 Å². The van der Waals surface area contributed by atoms with E-state index in [0.29, 0.717) is 23.1 Å². The number of benzene rings is 1. The molecule has 1 aromatic heterocycles. The predicted octanol–water partition coefficient (Wildman–Crippen LogP) is 2.72. The molecule has 0 saturated heterocycles. The molecule has 0 unspecified atom stereocenters. The Morgan fingerprint density at radius 2 is 2.17 bits per heavy atom. The van der Waals surface area contributed by atoms with Crippen LogP contribution in [0.1, 0.15) is 12.8 Å². The van der Waals surface area contributed by atoms with Gasteiger partial charge in [-0.05, 0) is 24.7 Å². The van der Waals surface area contributed by atoms with E-state index in [0.717, 1.165) is 6.54 Å². The second kappa shape index (κ2) is 5.79. The molecular formula is C11H12ClFN4O. The van der Waals surface area contributed by atoms with Crippen LogP contribution in [0.4, 0.5) is 16.1 Å². The van der Waals surface area contributed by atoms with Gasteiger partial charge in [0.2, 0.25) is 5.89 Å². The molecule has 96 valence electrons. The van der Waals surface area contributed by atoms with Crippen molar-refractivity contribution in [3.8, 4) is 0 Å². The second-order valence-electron chi connectivity index (χ2n) is 3.56. The van der Waals surface area contributed by atoms with E-state index in [1.807, 2.05) is 6.92 Å². The third-order valence-electron chi connectivity index (χ3n) is 2.11. The van der Waals surface area contributed by atoms with E-state index in [1.165, 1.54) is 12.1 Å². The van der Waals surface area contributed by atoms with Crippen molar-refractivity contribution in [2.24, 2.45) is 0 Å². The van der Waals surface area contributed by atoms with Crippen LogP contribution < -0.4 is 10.6 Å². The molecule has 7 heteroatoms. The Balaban J connectivity index is 2.06. The van der Waals surface area contributed by atoms with Crippen molar-refractivity contribution < 1.29 is 8.81 Å². The van der Waals surface area contributed by atoms with E-state index in [-0.39, 0.29) is 6.01 Å². The minimum Gasteiger partial charge on any atom is -0.406 e. The molecule has 0 atom stereocenters. The van der Waals surface area contributed by atoms with Crippen molar-refractivity contribution >= 4 is 23.3 Å². The van der Waals surface area contributed by atoms with Gasteiger partial charge in [0, 0.05) is 10.7 Å². The highest BCUT2D eigenvalue weighted by Crippen LogP contribution is 2.21. The molecule has 0 amide bonds. The number of hydrogen-bond acceptors (Lipinski definition) is 5. The van der Waals surface area contributed by atoms with Crippen LogP contribution in [-0.4, -0.2) is 16.7 Å². The lowest BCUT2D eigenvalue weighted by molar-refractivity contribution is 0.484. The Morgan fingerprint density at radius 1 is 1.33 bits per heavy atom. The fourth-order valence-electron chi connectivity index (χ4n) is 1.36. The Hall–Kier alpha value is -1.66. The third kappa shape index (κ3) is 3.41. The van der Waals surface area contributed by atoms with Crippen LogP contribution in [0.15, 0.2) is 22.6 Å². The van der Waals surface area contributed by atoms with Gasteiger partial charge in [-0.3, -0.25) is 0 Å². The molecule has 5 nitrogen and oxygen atoms in total. The van der Waals surface area contributed by atoms with Crippen LogP contribution >= 0.6 is 11.6 Å². The fraction of sp³-hybridized carbons (Fsp3) is 0.273. The zero-order valence-electron chi connectivity index (χ0n) is 9.70. The molecule has 2 N–H and O–H groups in total. The summed E-state index contributed by atoms with van der Waals surface area (Å²) in [7, 11) is 0. The molecule has 0 saturated carbocycles. The first kappa shape index (κ1) is 12.8. The molecule has 2 rings (SSSR count). The van der Waals surface area contributed by atoms with Crippen LogP contribution in [0.25, 0.3) is 0 Å². The van der Waals surface area contributed by atoms with E-state index in [9.17, 15) is 4.39 Å². The summed E-state index contributed by atoms with van der Waals surface area (Å²) in [5, 5.41) is 13.8. The fourth-order valence-corrected chi connectivity index (χ4v) is 1.58. The first-order valence-electron chi connectivity index (χ1n) is 5.43. The van der Waals surface area contributed by atoms with Crippen molar-refractivity contribution in [1.29, 1.82) is 0 Å². The molecule has 0 aliphatic rings. The van der Waals surface area contributed by atoms with Gasteiger partial charge in [-0.15, -0.1) is 5.10 Å². The molecule has 1 aromatic carbocycles. The highest BCUT2D eigenvalue weighted by Gasteiger charge is 2.06. The number of halogens is 2. The van der Waals surface area contributed by atoms with Gasteiger partial charge in [0.1, 0.15) is 5.82 Å². The average molecular weight is 271 g/mol. The van der Waals surface area contributed by atoms with E-state index in [1.54, 1.807) is 6.07 Å². The van der Waals surface area contributed by atoms with Crippen molar-refractivity contribution in [3.63, 3.8) is 0 Å². The minimum absolute atomic E-state index is 0.199. The number of nitrogens with zero attached hydrogens (tertiary/aromatic N) is 2. The predicted molar refractivity (Wildman–Crippen MR) is 66.4 cm³/mol. The lowest BCUT2D eigenvalue weighted by Crippen LogP contribution is -2.11.